The SMILES string of the molecule is O=C(C1CC1)N1CCCN([C@@H]2CCN(Cc3ccccc3)C2=O)CC1. The van der Waals surface area contributed by atoms with E-state index in [-0.39, 0.29) is 11.9 Å². The molecular formula is C20H27N3O2. The van der Waals surface area contributed by atoms with Gasteiger partial charge in [-0.05, 0) is 31.2 Å². The Morgan fingerprint density at radius 3 is 2.52 bits per heavy atom. The van der Waals surface area contributed by atoms with Gasteiger partial charge in [0.15, 0.2) is 0 Å². The Labute approximate surface area is 149 Å². The Morgan fingerprint density at radius 1 is 0.960 bits per heavy atom. The first-order valence-electron chi connectivity index (χ1n) is 9.58. The molecule has 1 saturated carbocycles. The van der Waals surface area contributed by atoms with E-state index in [1.165, 1.54) is 5.56 Å². The van der Waals surface area contributed by atoms with Gasteiger partial charge in [0.05, 0.1) is 6.04 Å². The molecule has 2 heterocycles. The summed E-state index contributed by atoms with van der Waals surface area (Å²) in [6.07, 6.45) is 4.01. The fraction of sp³-hybridized carbons (Fsp3) is 0.600. The van der Waals surface area contributed by atoms with Crippen molar-refractivity contribution in [1.82, 2.24) is 14.7 Å². The van der Waals surface area contributed by atoms with Crippen LogP contribution in [0.1, 0.15) is 31.2 Å². The number of hydrogen-bond acceptors (Lipinski definition) is 3. The first-order chi connectivity index (χ1) is 12.2. The number of benzene rings is 1. The molecule has 2 aliphatic heterocycles. The van der Waals surface area contributed by atoms with Gasteiger partial charge in [-0.1, -0.05) is 30.3 Å². The Kier molecular flexibility index (Phi) is 4.75. The third kappa shape index (κ3) is 3.71. The predicted octanol–water partition coefficient (Wildman–Crippen LogP) is 1.73. The zero-order valence-corrected chi connectivity index (χ0v) is 14.8. The normalized spacial score (nSPS) is 25.3. The maximum atomic E-state index is 12.9. The molecule has 5 nitrogen and oxygen atoms in total. The van der Waals surface area contributed by atoms with Crippen LogP contribution in [-0.2, 0) is 16.1 Å². The van der Waals surface area contributed by atoms with E-state index >= 15 is 0 Å². The maximum absolute atomic E-state index is 12.9. The molecule has 2 amide bonds. The van der Waals surface area contributed by atoms with E-state index in [1.807, 2.05) is 28.0 Å². The van der Waals surface area contributed by atoms with Crippen molar-refractivity contribution in [3.05, 3.63) is 35.9 Å². The topological polar surface area (TPSA) is 43.9 Å². The van der Waals surface area contributed by atoms with Crippen molar-refractivity contribution in [2.75, 3.05) is 32.7 Å². The van der Waals surface area contributed by atoms with Crippen molar-refractivity contribution in [2.45, 2.75) is 38.3 Å². The summed E-state index contributed by atoms with van der Waals surface area (Å²) in [6, 6.07) is 10.2. The summed E-state index contributed by atoms with van der Waals surface area (Å²) in [5, 5.41) is 0. The van der Waals surface area contributed by atoms with Crippen molar-refractivity contribution >= 4 is 11.8 Å². The third-order valence-electron chi connectivity index (χ3n) is 5.69. The van der Waals surface area contributed by atoms with Gasteiger partial charge < -0.3 is 9.80 Å². The zero-order chi connectivity index (χ0) is 17.2. The van der Waals surface area contributed by atoms with Crippen LogP contribution in [0.15, 0.2) is 30.3 Å². The first kappa shape index (κ1) is 16.6. The molecular weight excluding hydrogens is 314 g/mol. The van der Waals surface area contributed by atoms with Crippen LogP contribution in [-0.4, -0.2) is 65.3 Å². The Balaban J connectivity index is 1.34. The standard InChI is InChI=1S/C20H27N3O2/c24-19(17-7-8-17)22-11-4-10-21(13-14-22)18-9-12-23(20(18)25)15-16-5-2-1-3-6-16/h1-3,5-6,17-18H,4,7-15H2/t18-/m1/s1. The maximum Gasteiger partial charge on any atom is 0.240 e. The van der Waals surface area contributed by atoms with Crippen LogP contribution in [0, 0.1) is 5.92 Å². The van der Waals surface area contributed by atoms with Gasteiger partial charge >= 0.3 is 0 Å². The summed E-state index contributed by atoms with van der Waals surface area (Å²) in [4.78, 5) is 31.5. The minimum atomic E-state index is -0.000288. The first-order valence-corrected chi connectivity index (χ1v) is 9.58. The molecule has 0 unspecified atom stereocenters. The molecule has 134 valence electrons. The van der Waals surface area contributed by atoms with Crippen LogP contribution >= 0.6 is 0 Å². The molecule has 0 aromatic heterocycles. The van der Waals surface area contributed by atoms with Crippen molar-refractivity contribution in [3.63, 3.8) is 0 Å². The lowest BCUT2D eigenvalue weighted by Crippen LogP contribution is -2.44. The summed E-state index contributed by atoms with van der Waals surface area (Å²) in [6.45, 7) is 4.91. The monoisotopic (exact) mass is 341 g/mol. The smallest absolute Gasteiger partial charge is 0.240 e. The van der Waals surface area contributed by atoms with E-state index in [1.54, 1.807) is 0 Å². The highest BCUT2D eigenvalue weighted by Crippen LogP contribution is 2.31. The minimum absolute atomic E-state index is 0.000288. The quantitative estimate of drug-likeness (QED) is 0.838. The molecule has 1 aliphatic carbocycles. The van der Waals surface area contributed by atoms with Crippen LogP contribution in [0.4, 0.5) is 0 Å². The van der Waals surface area contributed by atoms with E-state index in [0.717, 1.165) is 58.4 Å². The van der Waals surface area contributed by atoms with Crippen LogP contribution < -0.4 is 0 Å². The van der Waals surface area contributed by atoms with E-state index < -0.39 is 0 Å². The number of likely N-dealkylation sites (tertiary alicyclic amines) is 1. The third-order valence-corrected chi connectivity index (χ3v) is 5.69. The van der Waals surface area contributed by atoms with Gasteiger partial charge in [-0.15, -0.1) is 0 Å². The predicted molar refractivity (Wildman–Crippen MR) is 95.8 cm³/mol. The molecule has 1 aromatic carbocycles. The molecule has 4 rings (SSSR count). The molecule has 0 radical (unpaired) electrons. The molecule has 1 aromatic rings. The van der Waals surface area contributed by atoms with E-state index in [9.17, 15) is 9.59 Å². The molecule has 1 atom stereocenters. The fourth-order valence-electron chi connectivity index (χ4n) is 4.08. The minimum Gasteiger partial charge on any atom is -0.341 e. The molecule has 25 heavy (non-hydrogen) atoms. The molecule has 0 bridgehead atoms. The van der Waals surface area contributed by atoms with Crippen molar-refractivity contribution < 1.29 is 9.59 Å². The summed E-state index contributed by atoms with van der Waals surface area (Å²) in [5.41, 5.74) is 1.19. The van der Waals surface area contributed by atoms with Crippen LogP contribution in [0.3, 0.4) is 0 Å². The van der Waals surface area contributed by atoms with Gasteiger partial charge in [0.2, 0.25) is 11.8 Å². The van der Waals surface area contributed by atoms with Crippen LogP contribution in [0.25, 0.3) is 0 Å². The Hall–Kier alpha value is -1.88. The second kappa shape index (κ2) is 7.16. The van der Waals surface area contributed by atoms with Gasteiger partial charge in [0, 0.05) is 45.2 Å². The largest absolute Gasteiger partial charge is 0.341 e. The van der Waals surface area contributed by atoms with Gasteiger partial charge in [0.1, 0.15) is 0 Å². The molecule has 3 aliphatic rings. The Bertz CT molecular complexity index is 629. The van der Waals surface area contributed by atoms with Crippen LogP contribution in [0.5, 0.6) is 0 Å². The summed E-state index contributed by atoms with van der Waals surface area (Å²) in [5.74, 6) is 0.886. The molecule has 0 spiro atoms. The molecule has 0 N–H and O–H groups in total. The van der Waals surface area contributed by atoms with Crippen LogP contribution in [0.2, 0.25) is 0 Å². The lowest BCUT2D eigenvalue weighted by Gasteiger charge is -2.26. The summed E-state index contributed by atoms with van der Waals surface area (Å²) >= 11 is 0. The number of rotatable bonds is 4. The number of hydrogen-bond donors (Lipinski definition) is 0. The highest BCUT2D eigenvalue weighted by molar-refractivity contribution is 5.84. The number of carbonyl (C=O) groups is 2. The van der Waals surface area contributed by atoms with E-state index in [0.29, 0.717) is 18.4 Å². The Morgan fingerprint density at radius 2 is 1.76 bits per heavy atom. The highest BCUT2D eigenvalue weighted by Gasteiger charge is 2.38. The van der Waals surface area contributed by atoms with Gasteiger partial charge in [-0.2, -0.15) is 0 Å². The number of nitrogens with zero attached hydrogens (tertiary/aromatic N) is 3. The molecule has 2 saturated heterocycles. The lowest BCUT2D eigenvalue weighted by molar-refractivity contribution is -0.132. The molecule has 5 heteroatoms. The average Bonchev–Trinajstić information content (AvgIpc) is 3.45. The average molecular weight is 341 g/mol. The lowest BCUT2D eigenvalue weighted by atomic mass is 10.2. The zero-order valence-electron chi connectivity index (χ0n) is 14.8. The summed E-state index contributed by atoms with van der Waals surface area (Å²) < 4.78 is 0. The van der Waals surface area contributed by atoms with Crippen molar-refractivity contribution in [3.8, 4) is 0 Å². The van der Waals surface area contributed by atoms with Crippen molar-refractivity contribution in [2.24, 2.45) is 5.92 Å². The van der Waals surface area contributed by atoms with Gasteiger partial charge in [-0.25, -0.2) is 0 Å². The second-order valence-corrected chi connectivity index (χ2v) is 7.54. The van der Waals surface area contributed by atoms with Gasteiger partial charge in [-0.3, -0.25) is 14.5 Å². The number of amides is 2. The van der Waals surface area contributed by atoms with Gasteiger partial charge in [0.25, 0.3) is 0 Å². The van der Waals surface area contributed by atoms with Crippen molar-refractivity contribution in [1.29, 1.82) is 0 Å². The molecule has 3 fully saturated rings. The fourth-order valence-corrected chi connectivity index (χ4v) is 4.08. The summed E-state index contributed by atoms with van der Waals surface area (Å²) in [7, 11) is 0. The second-order valence-electron chi connectivity index (χ2n) is 7.54. The highest BCUT2D eigenvalue weighted by atomic mass is 16.2. The van der Waals surface area contributed by atoms with E-state index in [2.05, 4.69) is 17.0 Å². The van der Waals surface area contributed by atoms with E-state index in [4.69, 9.17) is 0 Å². The number of carbonyl (C=O) groups excluding carboxylic acids is 2.